The number of alkyl halides is 1. The number of fused-ring (bicyclic) bond motifs is 1. The Hall–Kier alpha value is -1.55. The predicted octanol–water partition coefficient (Wildman–Crippen LogP) is 2.28. The number of para-hydroxylation sites is 1. The first kappa shape index (κ1) is 11.0. The number of carbonyl (C=O) groups is 1. The summed E-state index contributed by atoms with van der Waals surface area (Å²) in [4.78, 5) is 15.4. The quantitative estimate of drug-likeness (QED) is 0.609. The fraction of sp³-hybridized carbons (Fsp3) is 0.273. The monoisotopic (exact) mass is 239 g/mol. The highest BCUT2D eigenvalue weighted by atomic mass is 35.5. The zero-order valence-electron chi connectivity index (χ0n) is 8.70. The van der Waals surface area contributed by atoms with Crippen molar-refractivity contribution in [3.05, 3.63) is 29.7 Å². The van der Waals surface area contributed by atoms with Crippen LogP contribution in [0.5, 0.6) is 0 Å². The number of halogens is 1. The average molecular weight is 240 g/mol. The van der Waals surface area contributed by atoms with E-state index >= 15 is 0 Å². The topological polar surface area (TPSA) is 52.3 Å². The van der Waals surface area contributed by atoms with Crippen LogP contribution in [-0.2, 0) is 21.8 Å². The van der Waals surface area contributed by atoms with Crippen LogP contribution >= 0.6 is 11.6 Å². The van der Waals surface area contributed by atoms with Crippen molar-refractivity contribution in [3.8, 4) is 0 Å². The molecule has 0 aliphatic rings. The summed E-state index contributed by atoms with van der Waals surface area (Å²) in [6.07, 6.45) is 0.183. The Morgan fingerprint density at radius 3 is 3.06 bits per heavy atom. The smallest absolute Gasteiger partial charge is 0.310 e. The lowest BCUT2D eigenvalue weighted by Gasteiger charge is -1.99. The number of nitrogens with zero attached hydrogens (tertiary/aromatic N) is 1. The van der Waals surface area contributed by atoms with Crippen LogP contribution in [0.3, 0.4) is 0 Å². The highest BCUT2D eigenvalue weighted by molar-refractivity contribution is 6.16. The lowest BCUT2D eigenvalue weighted by atomic mass is 10.1. The molecule has 84 valence electrons. The van der Waals surface area contributed by atoms with Crippen LogP contribution in [0.4, 0.5) is 0 Å². The third kappa shape index (κ3) is 2.02. The number of hydrogen-bond donors (Lipinski definition) is 0. The molecular weight excluding hydrogens is 230 g/mol. The maximum Gasteiger partial charge on any atom is 0.310 e. The summed E-state index contributed by atoms with van der Waals surface area (Å²) in [7, 11) is 1.36. The maximum atomic E-state index is 11.2. The number of rotatable bonds is 3. The summed E-state index contributed by atoms with van der Waals surface area (Å²) in [6, 6.07) is 5.42. The van der Waals surface area contributed by atoms with Crippen molar-refractivity contribution >= 4 is 28.7 Å². The molecular formula is C11H10ClNO3. The van der Waals surface area contributed by atoms with E-state index in [0.717, 1.165) is 5.56 Å². The van der Waals surface area contributed by atoms with Gasteiger partial charge in [0.15, 0.2) is 5.58 Å². The third-order valence-corrected chi connectivity index (χ3v) is 2.45. The Labute approximate surface area is 97.2 Å². The molecule has 5 heteroatoms. The van der Waals surface area contributed by atoms with Crippen LogP contribution in [0.15, 0.2) is 22.6 Å². The molecule has 1 aromatic carbocycles. The molecule has 1 heterocycles. The Kier molecular flexibility index (Phi) is 3.10. The first-order chi connectivity index (χ1) is 7.74. The molecule has 0 spiro atoms. The second kappa shape index (κ2) is 4.53. The van der Waals surface area contributed by atoms with Crippen molar-refractivity contribution in [1.82, 2.24) is 4.98 Å². The molecule has 0 bridgehead atoms. The van der Waals surface area contributed by atoms with Gasteiger partial charge in [0.1, 0.15) is 5.52 Å². The van der Waals surface area contributed by atoms with E-state index in [-0.39, 0.29) is 18.3 Å². The molecule has 0 radical (unpaired) electrons. The van der Waals surface area contributed by atoms with Gasteiger partial charge in [0.2, 0.25) is 5.89 Å². The fourth-order valence-corrected chi connectivity index (χ4v) is 1.59. The first-order valence-electron chi connectivity index (χ1n) is 4.74. The molecule has 1 aromatic heterocycles. The molecule has 0 aliphatic carbocycles. The molecule has 0 atom stereocenters. The predicted molar refractivity (Wildman–Crippen MR) is 59.3 cm³/mol. The van der Waals surface area contributed by atoms with Crippen LogP contribution in [-0.4, -0.2) is 18.1 Å². The van der Waals surface area contributed by atoms with E-state index in [2.05, 4.69) is 9.72 Å². The molecule has 0 saturated heterocycles. The van der Waals surface area contributed by atoms with E-state index in [1.165, 1.54) is 7.11 Å². The molecule has 0 fully saturated rings. The fourth-order valence-electron chi connectivity index (χ4n) is 1.48. The lowest BCUT2D eigenvalue weighted by Crippen LogP contribution is -2.04. The van der Waals surface area contributed by atoms with Gasteiger partial charge >= 0.3 is 5.97 Å². The molecule has 0 N–H and O–H groups in total. The van der Waals surface area contributed by atoms with E-state index in [4.69, 9.17) is 16.0 Å². The van der Waals surface area contributed by atoms with E-state index in [9.17, 15) is 4.79 Å². The van der Waals surface area contributed by atoms with Crippen LogP contribution < -0.4 is 0 Å². The van der Waals surface area contributed by atoms with Crippen molar-refractivity contribution in [1.29, 1.82) is 0 Å². The molecule has 2 aromatic rings. The van der Waals surface area contributed by atoms with E-state index < -0.39 is 0 Å². The van der Waals surface area contributed by atoms with Gasteiger partial charge in [-0.1, -0.05) is 12.1 Å². The lowest BCUT2D eigenvalue weighted by molar-refractivity contribution is -0.139. The van der Waals surface area contributed by atoms with Crippen molar-refractivity contribution < 1.29 is 13.9 Å². The number of hydrogen-bond acceptors (Lipinski definition) is 4. The zero-order chi connectivity index (χ0) is 11.5. The molecule has 0 amide bonds. The van der Waals surface area contributed by atoms with Gasteiger partial charge in [0.05, 0.1) is 19.4 Å². The Balaban J connectivity index is 2.44. The maximum absolute atomic E-state index is 11.2. The van der Waals surface area contributed by atoms with Crippen LogP contribution in [0.25, 0.3) is 11.1 Å². The number of oxazole rings is 1. The standard InChI is InChI=1S/C11H10ClNO3/c1-15-10(14)5-7-3-2-4-8-11(7)13-9(6-12)16-8/h2-4H,5-6H2,1H3. The van der Waals surface area contributed by atoms with E-state index in [1.54, 1.807) is 6.07 Å². The van der Waals surface area contributed by atoms with Crippen LogP contribution in [0, 0.1) is 0 Å². The third-order valence-electron chi connectivity index (χ3n) is 2.22. The summed E-state index contributed by atoms with van der Waals surface area (Å²) in [5.41, 5.74) is 2.09. The van der Waals surface area contributed by atoms with Gasteiger partial charge in [-0.15, -0.1) is 11.6 Å². The molecule has 4 nitrogen and oxygen atoms in total. The average Bonchev–Trinajstić information content (AvgIpc) is 2.73. The number of esters is 1. The summed E-state index contributed by atoms with van der Waals surface area (Å²) in [6.45, 7) is 0. The summed E-state index contributed by atoms with van der Waals surface area (Å²) >= 11 is 5.64. The van der Waals surface area contributed by atoms with E-state index in [0.29, 0.717) is 17.0 Å². The SMILES string of the molecule is COC(=O)Cc1cccc2oc(CCl)nc12. The molecule has 2 rings (SSSR count). The highest BCUT2D eigenvalue weighted by Gasteiger charge is 2.11. The second-order valence-corrected chi connectivity index (χ2v) is 3.53. The molecule has 0 aliphatic heterocycles. The van der Waals surface area contributed by atoms with Gasteiger partial charge in [-0.3, -0.25) is 4.79 Å². The van der Waals surface area contributed by atoms with Crippen molar-refractivity contribution in [2.45, 2.75) is 12.3 Å². The van der Waals surface area contributed by atoms with Gasteiger partial charge in [0, 0.05) is 0 Å². The number of aromatic nitrogens is 1. The molecule has 0 unspecified atom stereocenters. The summed E-state index contributed by atoms with van der Waals surface area (Å²) in [5.74, 6) is 0.365. The Morgan fingerprint density at radius 1 is 1.56 bits per heavy atom. The van der Waals surface area contributed by atoms with Crippen LogP contribution in [0.1, 0.15) is 11.5 Å². The van der Waals surface area contributed by atoms with E-state index in [1.807, 2.05) is 12.1 Å². The van der Waals surface area contributed by atoms with Gasteiger partial charge in [-0.05, 0) is 11.6 Å². The summed E-state index contributed by atoms with van der Waals surface area (Å²) < 4.78 is 9.99. The minimum absolute atomic E-state index is 0.183. The number of ether oxygens (including phenoxy) is 1. The Bertz CT molecular complexity index is 521. The van der Waals surface area contributed by atoms with Gasteiger partial charge < -0.3 is 9.15 Å². The van der Waals surface area contributed by atoms with Gasteiger partial charge in [0.25, 0.3) is 0 Å². The normalized spacial score (nSPS) is 10.6. The summed E-state index contributed by atoms with van der Waals surface area (Å²) in [5, 5.41) is 0. The van der Waals surface area contributed by atoms with Crippen molar-refractivity contribution in [2.75, 3.05) is 7.11 Å². The number of benzene rings is 1. The van der Waals surface area contributed by atoms with Crippen molar-refractivity contribution in [3.63, 3.8) is 0 Å². The highest BCUT2D eigenvalue weighted by Crippen LogP contribution is 2.21. The van der Waals surface area contributed by atoms with Gasteiger partial charge in [-0.25, -0.2) is 4.98 Å². The van der Waals surface area contributed by atoms with Gasteiger partial charge in [-0.2, -0.15) is 0 Å². The number of methoxy groups -OCH3 is 1. The Morgan fingerprint density at radius 2 is 2.38 bits per heavy atom. The van der Waals surface area contributed by atoms with Crippen molar-refractivity contribution in [2.24, 2.45) is 0 Å². The molecule has 16 heavy (non-hydrogen) atoms. The van der Waals surface area contributed by atoms with Crippen LogP contribution in [0.2, 0.25) is 0 Å². The minimum Gasteiger partial charge on any atom is -0.469 e. The first-order valence-corrected chi connectivity index (χ1v) is 5.28. The molecule has 0 saturated carbocycles. The minimum atomic E-state index is -0.303. The largest absolute Gasteiger partial charge is 0.469 e. The zero-order valence-corrected chi connectivity index (χ0v) is 9.45. The second-order valence-electron chi connectivity index (χ2n) is 3.26. The number of carbonyl (C=O) groups excluding carboxylic acids is 1.